The van der Waals surface area contributed by atoms with Gasteiger partial charge in [-0.3, -0.25) is 9.59 Å². The molecule has 2 aromatic carbocycles. The highest BCUT2D eigenvalue weighted by Crippen LogP contribution is 2.38. The summed E-state index contributed by atoms with van der Waals surface area (Å²) in [5, 5.41) is 3.93. The number of nitrogens with one attached hydrogen (secondary N) is 3. The van der Waals surface area contributed by atoms with Gasteiger partial charge in [0.2, 0.25) is 0 Å². The number of amides is 1. The minimum atomic E-state index is -0.272. The predicted molar refractivity (Wildman–Crippen MR) is 119 cm³/mol. The molecule has 0 saturated carbocycles. The molecule has 0 saturated heterocycles. The summed E-state index contributed by atoms with van der Waals surface area (Å²) in [5.41, 5.74) is 5.82. The molecule has 0 fully saturated rings. The molecule has 6 nitrogen and oxygen atoms in total. The van der Waals surface area contributed by atoms with Crippen molar-refractivity contribution in [3.8, 4) is 17.1 Å². The zero-order chi connectivity index (χ0) is 21.4. The van der Waals surface area contributed by atoms with E-state index in [1.54, 1.807) is 25.1 Å². The average Bonchev–Trinajstić information content (AvgIpc) is 3.24. The molecule has 0 spiro atoms. The van der Waals surface area contributed by atoms with Crippen molar-refractivity contribution < 1.29 is 14.3 Å². The predicted octanol–water partition coefficient (Wildman–Crippen LogP) is 5.24. The number of aromatic nitrogens is 2. The van der Waals surface area contributed by atoms with Crippen molar-refractivity contribution in [1.82, 2.24) is 9.97 Å². The fourth-order valence-electron chi connectivity index (χ4n) is 4.00. The van der Waals surface area contributed by atoms with Gasteiger partial charge in [0.1, 0.15) is 5.75 Å². The molecule has 4 aromatic rings. The zero-order valence-corrected chi connectivity index (χ0v) is 17.3. The number of ether oxygens (including phenoxy) is 1. The number of carbonyl (C=O) groups is 2. The minimum absolute atomic E-state index is 0.00298. The number of benzene rings is 2. The normalized spacial score (nSPS) is 10.9. The number of anilines is 1. The van der Waals surface area contributed by atoms with Crippen molar-refractivity contribution in [3.63, 3.8) is 0 Å². The average molecular weight is 401 g/mol. The van der Waals surface area contributed by atoms with Gasteiger partial charge < -0.3 is 20.0 Å². The van der Waals surface area contributed by atoms with Gasteiger partial charge in [-0.2, -0.15) is 0 Å². The summed E-state index contributed by atoms with van der Waals surface area (Å²) in [6.45, 7) is 5.35. The van der Waals surface area contributed by atoms with E-state index in [4.69, 9.17) is 4.74 Å². The Morgan fingerprint density at radius 1 is 0.933 bits per heavy atom. The lowest BCUT2D eigenvalue weighted by Gasteiger charge is -2.10. The summed E-state index contributed by atoms with van der Waals surface area (Å²) in [7, 11) is 1.54. The van der Waals surface area contributed by atoms with Crippen LogP contribution in [0.5, 0.6) is 5.75 Å². The monoisotopic (exact) mass is 401 g/mol. The number of aromatic amines is 2. The number of rotatable bonds is 5. The van der Waals surface area contributed by atoms with E-state index >= 15 is 0 Å². The quantitative estimate of drug-likeness (QED) is 0.400. The second kappa shape index (κ2) is 7.55. The second-order valence-corrected chi connectivity index (χ2v) is 7.26. The summed E-state index contributed by atoms with van der Waals surface area (Å²) in [5.74, 6) is 0.233. The Bertz CT molecular complexity index is 1280. The van der Waals surface area contributed by atoms with Crippen molar-refractivity contribution in [2.45, 2.75) is 20.8 Å². The van der Waals surface area contributed by atoms with Gasteiger partial charge in [0, 0.05) is 22.2 Å². The zero-order valence-electron chi connectivity index (χ0n) is 17.3. The van der Waals surface area contributed by atoms with Crippen LogP contribution in [-0.2, 0) is 0 Å². The molecule has 4 rings (SSSR count). The van der Waals surface area contributed by atoms with E-state index in [9.17, 15) is 9.59 Å². The summed E-state index contributed by atoms with van der Waals surface area (Å²) in [6, 6.07) is 14.9. The Morgan fingerprint density at radius 2 is 1.63 bits per heavy atom. The van der Waals surface area contributed by atoms with Gasteiger partial charge in [0.25, 0.3) is 5.91 Å². The Balaban J connectivity index is 1.88. The molecule has 2 heterocycles. The van der Waals surface area contributed by atoms with E-state index in [0.717, 1.165) is 33.5 Å². The molecule has 0 aliphatic rings. The van der Waals surface area contributed by atoms with Crippen molar-refractivity contribution in [3.05, 3.63) is 70.9 Å². The first-order valence-electron chi connectivity index (χ1n) is 9.68. The number of para-hydroxylation sites is 2. The van der Waals surface area contributed by atoms with Gasteiger partial charge in [-0.25, -0.2) is 0 Å². The molecule has 0 bridgehead atoms. The lowest BCUT2D eigenvalue weighted by atomic mass is 10.0. The molecule has 3 N–H and O–H groups in total. The van der Waals surface area contributed by atoms with Crippen LogP contribution in [0.15, 0.2) is 48.5 Å². The third-order valence-electron chi connectivity index (χ3n) is 5.34. The first-order valence-corrected chi connectivity index (χ1v) is 9.68. The second-order valence-electron chi connectivity index (χ2n) is 7.26. The van der Waals surface area contributed by atoms with Crippen LogP contribution in [0.3, 0.4) is 0 Å². The van der Waals surface area contributed by atoms with E-state index in [0.29, 0.717) is 22.6 Å². The highest BCUT2D eigenvalue weighted by molar-refractivity contribution is 6.14. The molecule has 0 aliphatic carbocycles. The van der Waals surface area contributed by atoms with Crippen molar-refractivity contribution in [2.24, 2.45) is 0 Å². The van der Waals surface area contributed by atoms with Gasteiger partial charge in [0.15, 0.2) is 5.78 Å². The van der Waals surface area contributed by atoms with E-state index in [2.05, 4.69) is 15.3 Å². The molecule has 2 aromatic heterocycles. The van der Waals surface area contributed by atoms with E-state index in [-0.39, 0.29) is 11.7 Å². The number of ketones is 1. The first-order chi connectivity index (χ1) is 14.4. The number of methoxy groups -OCH3 is 1. The van der Waals surface area contributed by atoms with Gasteiger partial charge >= 0.3 is 0 Å². The maximum absolute atomic E-state index is 13.1. The van der Waals surface area contributed by atoms with Gasteiger partial charge in [-0.1, -0.05) is 30.3 Å². The van der Waals surface area contributed by atoms with Crippen LogP contribution in [0, 0.1) is 13.8 Å². The number of hydrogen-bond donors (Lipinski definition) is 3. The van der Waals surface area contributed by atoms with Crippen molar-refractivity contribution in [1.29, 1.82) is 0 Å². The standard InChI is InChI=1S/C24H23N3O3/c1-13-20(15(3)28)14(2)25-21(13)23-22(16-9-5-7-11-18(16)26-23)27-24(29)17-10-6-8-12-19(17)30-4/h5-12,25-26H,1-4H3,(H,27,29). The van der Waals surface area contributed by atoms with Crippen molar-refractivity contribution in [2.75, 3.05) is 12.4 Å². The number of hydrogen-bond acceptors (Lipinski definition) is 3. The number of fused-ring (bicyclic) bond motifs is 1. The first kappa shape index (κ1) is 19.5. The maximum Gasteiger partial charge on any atom is 0.259 e. The lowest BCUT2D eigenvalue weighted by Crippen LogP contribution is -2.13. The third-order valence-corrected chi connectivity index (χ3v) is 5.34. The van der Waals surface area contributed by atoms with Crippen LogP contribution in [0.1, 0.15) is 38.9 Å². The highest BCUT2D eigenvalue weighted by atomic mass is 16.5. The Kier molecular flexibility index (Phi) is 4.91. The van der Waals surface area contributed by atoms with Crippen LogP contribution in [0.2, 0.25) is 0 Å². The largest absolute Gasteiger partial charge is 0.496 e. The van der Waals surface area contributed by atoms with Crippen LogP contribution in [0.4, 0.5) is 5.69 Å². The molecule has 0 radical (unpaired) electrons. The van der Waals surface area contributed by atoms with Crippen LogP contribution in [-0.4, -0.2) is 28.8 Å². The SMILES string of the molecule is COc1ccccc1C(=O)Nc1c(-c2[nH]c(C)c(C(C)=O)c2C)[nH]c2ccccc12. The number of Topliss-reactive ketones (excluding diaryl/α,β-unsaturated/α-hetero) is 1. The Labute approximate surface area is 174 Å². The summed E-state index contributed by atoms with van der Waals surface area (Å²) in [4.78, 5) is 31.9. The molecule has 1 amide bonds. The van der Waals surface area contributed by atoms with E-state index in [1.165, 1.54) is 7.11 Å². The van der Waals surface area contributed by atoms with Gasteiger partial charge in [-0.05, 0) is 44.5 Å². The topological polar surface area (TPSA) is 87.0 Å². The molecule has 6 heteroatoms. The summed E-state index contributed by atoms with van der Waals surface area (Å²) >= 11 is 0. The third kappa shape index (κ3) is 3.16. The minimum Gasteiger partial charge on any atom is -0.496 e. The number of H-pyrrole nitrogens is 2. The van der Waals surface area contributed by atoms with E-state index < -0.39 is 0 Å². The molecule has 0 atom stereocenters. The van der Waals surface area contributed by atoms with Crippen LogP contribution in [0.25, 0.3) is 22.3 Å². The fourth-order valence-corrected chi connectivity index (χ4v) is 4.00. The maximum atomic E-state index is 13.1. The molecule has 152 valence electrons. The lowest BCUT2D eigenvalue weighted by molar-refractivity contribution is 0.101. The number of carbonyl (C=O) groups excluding carboxylic acids is 2. The molecular weight excluding hydrogens is 378 g/mol. The van der Waals surface area contributed by atoms with Crippen LogP contribution < -0.4 is 10.1 Å². The Morgan fingerprint density at radius 3 is 2.33 bits per heavy atom. The smallest absolute Gasteiger partial charge is 0.259 e. The molecule has 30 heavy (non-hydrogen) atoms. The fraction of sp³-hybridized carbons (Fsp3) is 0.167. The highest BCUT2D eigenvalue weighted by Gasteiger charge is 2.23. The Hall–Kier alpha value is -3.80. The summed E-state index contributed by atoms with van der Waals surface area (Å²) < 4.78 is 5.34. The van der Waals surface area contributed by atoms with Crippen LogP contribution >= 0.6 is 0 Å². The van der Waals surface area contributed by atoms with E-state index in [1.807, 2.05) is 44.2 Å². The van der Waals surface area contributed by atoms with Gasteiger partial charge in [-0.15, -0.1) is 0 Å². The summed E-state index contributed by atoms with van der Waals surface area (Å²) in [6.07, 6.45) is 0. The molecular formula is C24H23N3O3. The number of aryl methyl sites for hydroxylation is 1. The molecule has 0 aliphatic heterocycles. The van der Waals surface area contributed by atoms with Gasteiger partial charge in [0.05, 0.1) is 29.7 Å². The van der Waals surface area contributed by atoms with Crippen molar-refractivity contribution >= 4 is 28.3 Å². The molecule has 0 unspecified atom stereocenters.